The highest BCUT2D eigenvalue weighted by Crippen LogP contribution is 2.31. The van der Waals surface area contributed by atoms with Crippen molar-refractivity contribution < 1.29 is 14.6 Å². The second kappa shape index (κ2) is 6.01. The van der Waals surface area contributed by atoms with Crippen LogP contribution in [0.4, 0.5) is 0 Å². The van der Waals surface area contributed by atoms with Crippen LogP contribution >= 0.6 is 11.3 Å². The minimum absolute atomic E-state index is 0.0520. The molecule has 0 aliphatic rings. The maximum absolute atomic E-state index is 11.7. The van der Waals surface area contributed by atoms with Crippen LogP contribution in [0.3, 0.4) is 0 Å². The Kier molecular flexibility index (Phi) is 4.96. The largest absolute Gasteiger partial charge is 0.466 e. The fourth-order valence-corrected chi connectivity index (χ4v) is 2.40. The van der Waals surface area contributed by atoms with Crippen molar-refractivity contribution in [2.45, 2.75) is 26.9 Å². The molecule has 0 spiro atoms. The highest BCUT2D eigenvalue weighted by molar-refractivity contribution is 7.10. The number of carbonyl (C=O) groups is 1. The zero-order chi connectivity index (χ0) is 12.1. The van der Waals surface area contributed by atoms with Gasteiger partial charge in [-0.1, -0.05) is 19.9 Å². The number of esters is 1. The first-order valence-corrected chi connectivity index (χ1v) is 6.34. The molecule has 90 valence electrons. The molecule has 16 heavy (non-hydrogen) atoms. The van der Waals surface area contributed by atoms with E-state index in [1.807, 2.05) is 31.4 Å². The van der Waals surface area contributed by atoms with Gasteiger partial charge >= 0.3 is 5.97 Å². The minimum Gasteiger partial charge on any atom is -0.466 e. The van der Waals surface area contributed by atoms with Crippen molar-refractivity contribution in [3.05, 3.63) is 22.4 Å². The number of hydrogen-bond donors (Lipinski definition) is 1. The molecular weight excluding hydrogens is 224 g/mol. The Bertz CT molecular complexity index is 319. The standard InChI is InChI=1S/C12H18O3S/c1-4-15-12(14)10(8(2)3)11(13)9-6-5-7-16-9/h5-8,10-11,13H,4H2,1-3H3. The van der Waals surface area contributed by atoms with E-state index in [1.165, 1.54) is 11.3 Å². The maximum Gasteiger partial charge on any atom is 0.312 e. The molecule has 1 heterocycles. The van der Waals surface area contributed by atoms with Crippen molar-refractivity contribution >= 4 is 17.3 Å². The van der Waals surface area contributed by atoms with Gasteiger partial charge in [-0.2, -0.15) is 0 Å². The van der Waals surface area contributed by atoms with E-state index in [0.717, 1.165) is 4.88 Å². The predicted octanol–water partition coefficient (Wildman–Crippen LogP) is 2.62. The van der Waals surface area contributed by atoms with E-state index in [2.05, 4.69) is 0 Å². The number of ether oxygens (including phenoxy) is 1. The molecule has 1 N–H and O–H groups in total. The summed E-state index contributed by atoms with van der Waals surface area (Å²) in [6.07, 6.45) is -0.765. The first-order valence-electron chi connectivity index (χ1n) is 5.46. The third-order valence-electron chi connectivity index (χ3n) is 2.45. The van der Waals surface area contributed by atoms with Crippen molar-refractivity contribution in [1.29, 1.82) is 0 Å². The molecule has 1 rings (SSSR count). The fraction of sp³-hybridized carbons (Fsp3) is 0.583. The molecule has 0 saturated heterocycles. The molecule has 0 saturated carbocycles. The summed E-state index contributed by atoms with van der Waals surface area (Å²) in [6.45, 7) is 5.95. The zero-order valence-electron chi connectivity index (χ0n) is 9.84. The van der Waals surface area contributed by atoms with Crippen LogP contribution in [0.25, 0.3) is 0 Å². The first kappa shape index (κ1) is 13.2. The highest BCUT2D eigenvalue weighted by atomic mass is 32.1. The Labute approximate surface area is 100 Å². The molecule has 2 atom stereocenters. The van der Waals surface area contributed by atoms with Crippen LogP contribution in [0.5, 0.6) is 0 Å². The predicted molar refractivity (Wildman–Crippen MR) is 64.2 cm³/mol. The van der Waals surface area contributed by atoms with E-state index in [4.69, 9.17) is 4.74 Å². The Balaban J connectivity index is 2.81. The lowest BCUT2D eigenvalue weighted by Crippen LogP contribution is -2.28. The van der Waals surface area contributed by atoms with E-state index in [-0.39, 0.29) is 11.9 Å². The van der Waals surface area contributed by atoms with Crippen molar-refractivity contribution in [2.24, 2.45) is 11.8 Å². The number of hydrogen-bond acceptors (Lipinski definition) is 4. The second-order valence-corrected chi connectivity index (χ2v) is 4.96. The number of aliphatic hydroxyl groups excluding tert-OH is 1. The average Bonchev–Trinajstić information content (AvgIpc) is 2.70. The van der Waals surface area contributed by atoms with Gasteiger partial charge in [-0.15, -0.1) is 11.3 Å². The molecule has 3 nitrogen and oxygen atoms in total. The molecule has 0 radical (unpaired) electrons. The van der Waals surface area contributed by atoms with Crippen LogP contribution in [0.15, 0.2) is 17.5 Å². The van der Waals surface area contributed by atoms with Gasteiger partial charge in [0.15, 0.2) is 0 Å². The molecule has 2 unspecified atom stereocenters. The van der Waals surface area contributed by atoms with Crippen LogP contribution in [-0.2, 0) is 9.53 Å². The van der Waals surface area contributed by atoms with E-state index in [0.29, 0.717) is 6.61 Å². The van der Waals surface area contributed by atoms with Crippen molar-refractivity contribution in [3.8, 4) is 0 Å². The lowest BCUT2D eigenvalue weighted by Gasteiger charge is -2.23. The van der Waals surface area contributed by atoms with Gasteiger partial charge < -0.3 is 9.84 Å². The summed E-state index contributed by atoms with van der Waals surface area (Å²) in [5, 5.41) is 12.0. The lowest BCUT2D eigenvalue weighted by molar-refractivity contribution is -0.154. The van der Waals surface area contributed by atoms with Crippen LogP contribution < -0.4 is 0 Å². The van der Waals surface area contributed by atoms with E-state index < -0.39 is 12.0 Å². The Hall–Kier alpha value is -0.870. The molecule has 0 amide bonds. The smallest absolute Gasteiger partial charge is 0.312 e. The summed E-state index contributed by atoms with van der Waals surface area (Å²) in [4.78, 5) is 12.6. The second-order valence-electron chi connectivity index (χ2n) is 3.98. The van der Waals surface area contributed by atoms with Gasteiger partial charge in [-0.05, 0) is 24.3 Å². The quantitative estimate of drug-likeness (QED) is 0.807. The Morgan fingerprint density at radius 1 is 1.56 bits per heavy atom. The summed E-state index contributed by atoms with van der Waals surface area (Å²) in [5.74, 6) is -0.756. The molecule has 0 aliphatic heterocycles. The van der Waals surface area contributed by atoms with E-state index in [9.17, 15) is 9.90 Å². The van der Waals surface area contributed by atoms with Crippen LogP contribution in [0.1, 0.15) is 31.8 Å². The number of aliphatic hydroxyl groups is 1. The molecule has 1 aromatic heterocycles. The molecule has 1 aromatic rings. The van der Waals surface area contributed by atoms with Crippen LogP contribution in [0, 0.1) is 11.8 Å². The normalized spacial score (nSPS) is 14.8. The zero-order valence-corrected chi connectivity index (χ0v) is 10.7. The number of rotatable bonds is 5. The molecule has 0 aromatic carbocycles. The highest BCUT2D eigenvalue weighted by Gasteiger charge is 2.32. The maximum atomic E-state index is 11.7. The van der Waals surface area contributed by atoms with Crippen LogP contribution in [-0.4, -0.2) is 17.7 Å². The average molecular weight is 242 g/mol. The van der Waals surface area contributed by atoms with Crippen LogP contribution in [0.2, 0.25) is 0 Å². The Morgan fingerprint density at radius 2 is 2.25 bits per heavy atom. The van der Waals surface area contributed by atoms with Crippen molar-refractivity contribution in [1.82, 2.24) is 0 Å². The third-order valence-corrected chi connectivity index (χ3v) is 3.39. The Morgan fingerprint density at radius 3 is 2.69 bits per heavy atom. The first-order chi connectivity index (χ1) is 7.57. The van der Waals surface area contributed by atoms with E-state index in [1.54, 1.807) is 6.92 Å². The summed E-state index contributed by atoms with van der Waals surface area (Å²) in [7, 11) is 0. The van der Waals surface area contributed by atoms with Gasteiger partial charge in [0.05, 0.1) is 12.5 Å². The van der Waals surface area contributed by atoms with Gasteiger partial charge in [0.25, 0.3) is 0 Å². The summed E-state index contributed by atoms with van der Waals surface area (Å²) in [5.41, 5.74) is 0. The van der Waals surface area contributed by atoms with Crippen molar-refractivity contribution in [2.75, 3.05) is 6.61 Å². The SMILES string of the molecule is CCOC(=O)C(C(C)C)C(O)c1cccs1. The summed E-state index contributed by atoms with van der Waals surface area (Å²) >= 11 is 1.45. The van der Waals surface area contributed by atoms with Crippen molar-refractivity contribution in [3.63, 3.8) is 0 Å². The van der Waals surface area contributed by atoms with E-state index >= 15 is 0 Å². The monoisotopic (exact) mass is 242 g/mol. The minimum atomic E-state index is -0.765. The summed E-state index contributed by atoms with van der Waals surface area (Å²) < 4.78 is 4.99. The third kappa shape index (κ3) is 3.06. The number of thiophene rings is 1. The topological polar surface area (TPSA) is 46.5 Å². The number of carbonyl (C=O) groups excluding carboxylic acids is 1. The van der Waals surface area contributed by atoms with Gasteiger partial charge in [0, 0.05) is 4.88 Å². The molecule has 4 heteroatoms. The lowest BCUT2D eigenvalue weighted by atomic mass is 9.89. The molecular formula is C12H18O3S. The van der Waals surface area contributed by atoms with Gasteiger partial charge in [0.2, 0.25) is 0 Å². The van der Waals surface area contributed by atoms with Gasteiger partial charge in [-0.25, -0.2) is 0 Å². The summed E-state index contributed by atoms with van der Waals surface area (Å²) in [6, 6.07) is 3.70. The molecule has 0 aliphatic carbocycles. The van der Waals surface area contributed by atoms with Gasteiger partial charge in [0.1, 0.15) is 6.10 Å². The fourth-order valence-electron chi connectivity index (χ4n) is 1.64. The molecule has 0 bridgehead atoms. The molecule has 0 fully saturated rings. The van der Waals surface area contributed by atoms with Gasteiger partial charge in [-0.3, -0.25) is 4.79 Å².